The van der Waals surface area contributed by atoms with Crippen LogP contribution in [-0.2, 0) is 17.1 Å². The Morgan fingerprint density at radius 3 is 2.59 bits per heavy atom. The number of nitrogens with zero attached hydrogens (tertiary/aromatic N) is 5. The molecule has 0 radical (unpaired) electrons. The van der Waals surface area contributed by atoms with Crippen LogP contribution in [0.5, 0.6) is 0 Å². The molecule has 0 atom stereocenters. The minimum Gasteiger partial charge on any atom is -0.345 e. The lowest BCUT2D eigenvalue weighted by molar-refractivity contribution is 0.0953. The van der Waals surface area contributed by atoms with Crippen molar-refractivity contribution < 1.29 is 17.7 Å². The molecule has 3 rings (SSSR count). The summed E-state index contributed by atoms with van der Waals surface area (Å²) in [7, 11) is -2.08. The quantitative estimate of drug-likeness (QED) is 0.521. The van der Waals surface area contributed by atoms with Gasteiger partial charge in [-0.15, -0.1) is 0 Å². The molecular formula is C17H21N7O4S. The van der Waals surface area contributed by atoms with Crippen LogP contribution in [-0.4, -0.2) is 51.4 Å². The Morgan fingerprint density at radius 2 is 1.93 bits per heavy atom. The Hall–Kier alpha value is -3.25. The minimum atomic E-state index is -3.66. The molecule has 0 saturated heterocycles. The SMILES string of the molecule is CCN(CC)S(=O)(=O)c1cc(C(=O)NNc2nc(-c3ccncc3)no2)n(C)c1. The van der Waals surface area contributed by atoms with E-state index >= 15 is 0 Å². The van der Waals surface area contributed by atoms with E-state index in [1.54, 1.807) is 45.4 Å². The van der Waals surface area contributed by atoms with Gasteiger partial charge >= 0.3 is 6.01 Å². The van der Waals surface area contributed by atoms with Crippen LogP contribution in [0.3, 0.4) is 0 Å². The maximum Gasteiger partial charge on any atom is 0.340 e. The molecule has 11 nitrogen and oxygen atoms in total. The summed E-state index contributed by atoms with van der Waals surface area (Å²) in [5, 5.41) is 3.81. The van der Waals surface area contributed by atoms with Gasteiger partial charge in [-0.2, -0.15) is 9.29 Å². The van der Waals surface area contributed by atoms with Gasteiger partial charge in [-0.25, -0.2) is 13.8 Å². The van der Waals surface area contributed by atoms with Gasteiger partial charge in [-0.3, -0.25) is 15.2 Å². The fraction of sp³-hybridized carbons (Fsp3) is 0.294. The van der Waals surface area contributed by atoms with Gasteiger partial charge in [0, 0.05) is 44.3 Å². The second kappa shape index (κ2) is 8.41. The summed E-state index contributed by atoms with van der Waals surface area (Å²) in [6.07, 6.45) is 4.59. The minimum absolute atomic E-state index is 0.0182. The Kier molecular flexibility index (Phi) is 5.94. The fourth-order valence-corrected chi connectivity index (χ4v) is 4.21. The van der Waals surface area contributed by atoms with Crippen molar-refractivity contribution in [3.8, 4) is 11.4 Å². The van der Waals surface area contributed by atoms with Gasteiger partial charge in [0.05, 0.1) is 0 Å². The van der Waals surface area contributed by atoms with Crippen molar-refractivity contribution in [2.24, 2.45) is 7.05 Å². The zero-order chi connectivity index (χ0) is 21.0. The van der Waals surface area contributed by atoms with Crippen LogP contribution in [0.4, 0.5) is 6.01 Å². The Labute approximate surface area is 167 Å². The van der Waals surface area contributed by atoms with Crippen molar-refractivity contribution in [3.05, 3.63) is 42.5 Å². The lowest BCUT2D eigenvalue weighted by atomic mass is 10.3. The third-order valence-electron chi connectivity index (χ3n) is 4.20. The van der Waals surface area contributed by atoms with Gasteiger partial charge in [0.15, 0.2) is 0 Å². The molecule has 0 saturated carbocycles. The number of amides is 1. The highest BCUT2D eigenvalue weighted by Crippen LogP contribution is 2.19. The molecule has 3 aromatic rings. The number of carbonyl (C=O) groups excluding carboxylic acids is 1. The van der Waals surface area contributed by atoms with Crippen LogP contribution in [0.25, 0.3) is 11.4 Å². The molecule has 29 heavy (non-hydrogen) atoms. The number of hydrogen-bond acceptors (Lipinski definition) is 8. The summed E-state index contributed by atoms with van der Waals surface area (Å²) in [4.78, 5) is 20.5. The summed E-state index contributed by atoms with van der Waals surface area (Å²) in [6, 6.07) is 4.74. The van der Waals surface area contributed by atoms with Crippen LogP contribution in [0.15, 0.2) is 46.2 Å². The van der Waals surface area contributed by atoms with Gasteiger partial charge in [-0.1, -0.05) is 19.0 Å². The topological polar surface area (TPSA) is 135 Å². The summed E-state index contributed by atoms with van der Waals surface area (Å²) in [5.74, 6) is -0.229. The van der Waals surface area contributed by atoms with Gasteiger partial charge in [0.1, 0.15) is 10.6 Å². The van der Waals surface area contributed by atoms with Crippen molar-refractivity contribution in [1.29, 1.82) is 0 Å². The van der Waals surface area contributed by atoms with E-state index < -0.39 is 15.9 Å². The van der Waals surface area contributed by atoms with Crippen LogP contribution in [0, 0.1) is 0 Å². The maximum atomic E-state index is 12.6. The number of hydrazine groups is 1. The molecule has 12 heteroatoms. The number of nitrogens with one attached hydrogen (secondary N) is 2. The number of aromatic nitrogens is 4. The molecule has 1 amide bonds. The molecule has 3 aromatic heterocycles. The molecule has 0 fully saturated rings. The van der Waals surface area contributed by atoms with Gasteiger partial charge in [0.2, 0.25) is 15.8 Å². The smallest absolute Gasteiger partial charge is 0.340 e. The molecule has 0 aromatic carbocycles. The predicted molar refractivity (Wildman–Crippen MR) is 104 cm³/mol. The number of pyridine rings is 1. The second-order valence-electron chi connectivity index (χ2n) is 6.00. The van der Waals surface area contributed by atoms with Crippen LogP contribution < -0.4 is 10.9 Å². The average molecular weight is 419 g/mol. The molecule has 0 aliphatic carbocycles. The van der Waals surface area contributed by atoms with E-state index in [0.29, 0.717) is 24.5 Å². The molecule has 3 heterocycles. The third-order valence-corrected chi connectivity index (χ3v) is 6.22. The summed E-state index contributed by atoms with van der Waals surface area (Å²) < 4.78 is 33.0. The Morgan fingerprint density at radius 1 is 1.24 bits per heavy atom. The molecule has 0 spiro atoms. The zero-order valence-electron chi connectivity index (χ0n) is 16.2. The molecule has 0 bridgehead atoms. The van der Waals surface area contributed by atoms with E-state index in [-0.39, 0.29) is 16.6 Å². The fourth-order valence-electron chi connectivity index (χ4n) is 2.68. The van der Waals surface area contributed by atoms with E-state index in [4.69, 9.17) is 4.52 Å². The lowest BCUT2D eigenvalue weighted by Gasteiger charge is -2.17. The molecule has 0 unspecified atom stereocenters. The highest BCUT2D eigenvalue weighted by atomic mass is 32.2. The Bertz CT molecular complexity index is 1090. The standard InChI is InChI=1S/C17H21N7O4S/c1-4-24(5-2)29(26,27)13-10-14(23(3)11-13)16(25)20-21-17-19-15(22-28-17)12-6-8-18-9-7-12/h6-11H,4-5H2,1-3H3,(H,20,25)(H,19,21,22). The number of sulfonamides is 1. The van der Waals surface area contributed by atoms with E-state index in [0.717, 1.165) is 0 Å². The summed E-state index contributed by atoms with van der Waals surface area (Å²) in [5.41, 5.74) is 5.80. The number of carbonyl (C=O) groups is 1. The van der Waals surface area contributed by atoms with Gasteiger partial charge < -0.3 is 9.09 Å². The van der Waals surface area contributed by atoms with E-state index in [1.165, 1.54) is 21.1 Å². The third kappa shape index (κ3) is 4.27. The monoisotopic (exact) mass is 419 g/mol. The number of aryl methyl sites for hydroxylation is 1. The van der Waals surface area contributed by atoms with Crippen molar-refractivity contribution in [1.82, 2.24) is 29.4 Å². The number of hydrogen-bond donors (Lipinski definition) is 2. The van der Waals surface area contributed by atoms with Gasteiger partial charge in [0.25, 0.3) is 5.91 Å². The average Bonchev–Trinajstić information content (AvgIpc) is 3.35. The molecule has 2 N–H and O–H groups in total. The van der Waals surface area contributed by atoms with Crippen LogP contribution in [0.2, 0.25) is 0 Å². The van der Waals surface area contributed by atoms with Crippen LogP contribution >= 0.6 is 0 Å². The molecule has 0 aliphatic rings. The van der Waals surface area contributed by atoms with Crippen molar-refractivity contribution in [2.75, 3.05) is 18.5 Å². The van der Waals surface area contributed by atoms with E-state index in [9.17, 15) is 13.2 Å². The highest BCUT2D eigenvalue weighted by Gasteiger charge is 2.25. The van der Waals surface area contributed by atoms with Crippen molar-refractivity contribution in [3.63, 3.8) is 0 Å². The zero-order valence-corrected chi connectivity index (χ0v) is 17.0. The highest BCUT2D eigenvalue weighted by molar-refractivity contribution is 7.89. The molecular weight excluding hydrogens is 398 g/mol. The van der Waals surface area contributed by atoms with E-state index in [2.05, 4.69) is 26.0 Å². The van der Waals surface area contributed by atoms with E-state index in [1.807, 2.05) is 0 Å². The normalized spacial score (nSPS) is 11.6. The van der Waals surface area contributed by atoms with Crippen molar-refractivity contribution >= 4 is 21.9 Å². The first-order chi connectivity index (χ1) is 13.9. The van der Waals surface area contributed by atoms with Crippen LogP contribution in [0.1, 0.15) is 24.3 Å². The second-order valence-corrected chi connectivity index (χ2v) is 7.94. The first-order valence-electron chi connectivity index (χ1n) is 8.83. The summed E-state index contributed by atoms with van der Waals surface area (Å²) >= 11 is 0. The van der Waals surface area contributed by atoms with Crippen molar-refractivity contribution in [2.45, 2.75) is 18.7 Å². The maximum absolute atomic E-state index is 12.6. The molecule has 154 valence electrons. The number of rotatable bonds is 8. The Balaban J connectivity index is 1.71. The molecule has 0 aliphatic heterocycles. The predicted octanol–water partition coefficient (Wildman–Crippen LogP) is 1.26. The largest absolute Gasteiger partial charge is 0.345 e. The first-order valence-corrected chi connectivity index (χ1v) is 10.3. The summed E-state index contributed by atoms with van der Waals surface area (Å²) in [6.45, 7) is 4.19. The van der Waals surface area contributed by atoms with Gasteiger partial charge in [-0.05, 0) is 18.2 Å². The lowest BCUT2D eigenvalue weighted by Crippen LogP contribution is -2.31. The number of anilines is 1. The first kappa shape index (κ1) is 20.5.